The van der Waals surface area contributed by atoms with Crippen LogP contribution in [0.15, 0.2) is 24.3 Å². The zero-order valence-electron chi connectivity index (χ0n) is 47.6. The van der Waals surface area contributed by atoms with Gasteiger partial charge in [-0.25, -0.2) is 0 Å². The molecule has 7 heteroatoms. The average Bonchev–Trinajstić information content (AvgIpc) is 3.37. The first-order valence-electron chi connectivity index (χ1n) is 31.7. The minimum absolute atomic E-state index is 0.000693. The number of amides is 1. The number of allylic oxidation sites excluding steroid dienone is 4. The molecule has 0 heterocycles. The second kappa shape index (κ2) is 59.2. The van der Waals surface area contributed by atoms with Crippen molar-refractivity contribution in [1.82, 2.24) is 5.32 Å². The highest BCUT2D eigenvalue weighted by atomic mass is 16.5. The molecule has 0 saturated heterocycles. The van der Waals surface area contributed by atoms with Gasteiger partial charge in [0.25, 0.3) is 0 Å². The van der Waals surface area contributed by atoms with E-state index < -0.39 is 18.2 Å². The van der Waals surface area contributed by atoms with Gasteiger partial charge < -0.3 is 25.4 Å². The van der Waals surface area contributed by atoms with Gasteiger partial charge in [-0.1, -0.05) is 295 Å². The van der Waals surface area contributed by atoms with E-state index in [9.17, 15) is 24.9 Å². The molecule has 0 radical (unpaired) electrons. The molecular formula is C64H123NO6. The molecule has 4 N–H and O–H groups in total. The summed E-state index contributed by atoms with van der Waals surface area (Å²) < 4.78 is 5.48. The van der Waals surface area contributed by atoms with E-state index in [0.29, 0.717) is 25.9 Å². The number of carbonyl (C=O) groups excluding carboxylic acids is 2. The summed E-state index contributed by atoms with van der Waals surface area (Å²) in [5, 5.41) is 33.7. The van der Waals surface area contributed by atoms with Crippen molar-refractivity contribution in [2.75, 3.05) is 13.2 Å². The Labute approximate surface area is 442 Å². The highest BCUT2D eigenvalue weighted by molar-refractivity contribution is 5.76. The lowest BCUT2D eigenvalue weighted by atomic mass is 9.99. The van der Waals surface area contributed by atoms with Crippen molar-refractivity contribution >= 4 is 11.9 Å². The summed E-state index contributed by atoms with van der Waals surface area (Å²) in [5.74, 6) is -0.146. The summed E-state index contributed by atoms with van der Waals surface area (Å²) in [5.41, 5.74) is 0. The molecule has 3 atom stereocenters. The van der Waals surface area contributed by atoms with Gasteiger partial charge in [-0.2, -0.15) is 0 Å². The van der Waals surface area contributed by atoms with E-state index in [1.54, 1.807) is 0 Å². The number of aliphatic hydroxyl groups excluding tert-OH is 3. The van der Waals surface area contributed by atoms with Crippen LogP contribution in [0.4, 0.5) is 0 Å². The van der Waals surface area contributed by atoms with Crippen molar-refractivity contribution in [3.05, 3.63) is 24.3 Å². The van der Waals surface area contributed by atoms with Gasteiger partial charge >= 0.3 is 5.97 Å². The first-order chi connectivity index (χ1) is 35.0. The third kappa shape index (κ3) is 54.4. The van der Waals surface area contributed by atoms with Crippen LogP contribution in [0.2, 0.25) is 0 Å². The number of esters is 1. The van der Waals surface area contributed by atoms with Crippen LogP contribution in [-0.4, -0.2) is 58.7 Å². The van der Waals surface area contributed by atoms with E-state index in [1.165, 1.54) is 244 Å². The van der Waals surface area contributed by atoms with Gasteiger partial charge in [0, 0.05) is 12.8 Å². The molecule has 0 aromatic carbocycles. The van der Waals surface area contributed by atoms with E-state index >= 15 is 0 Å². The van der Waals surface area contributed by atoms with Gasteiger partial charge in [0.05, 0.1) is 25.4 Å². The fourth-order valence-electron chi connectivity index (χ4n) is 9.94. The van der Waals surface area contributed by atoms with Crippen molar-refractivity contribution in [1.29, 1.82) is 0 Å². The molecule has 0 saturated carbocycles. The molecule has 0 aromatic heterocycles. The number of nitrogens with one attached hydrogen (secondary N) is 1. The molecular weight excluding hydrogens is 879 g/mol. The summed E-state index contributed by atoms with van der Waals surface area (Å²) in [6, 6.07) is -0.812. The van der Waals surface area contributed by atoms with Crippen molar-refractivity contribution in [2.24, 2.45) is 0 Å². The molecule has 0 aliphatic rings. The number of aliphatic hydroxyl groups is 3. The maximum absolute atomic E-state index is 12.5. The molecule has 0 aliphatic heterocycles. The molecule has 0 fully saturated rings. The molecule has 0 aliphatic carbocycles. The third-order valence-electron chi connectivity index (χ3n) is 14.8. The van der Waals surface area contributed by atoms with E-state index in [0.717, 1.165) is 64.2 Å². The number of ether oxygens (including phenoxy) is 1. The Morgan fingerprint density at radius 2 is 0.732 bits per heavy atom. The predicted octanol–water partition coefficient (Wildman–Crippen LogP) is 18.8. The predicted molar refractivity (Wildman–Crippen MR) is 307 cm³/mol. The van der Waals surface area contributed by atoms with Crippen LogP contribution in [0.1, 0.15) is 341 Å². The second-order valence-electron chi connectivity index (χ2n) is 21.9. The van der Waals surface area contributed by atoms with Crippen LogP contribution >= 0.6 is 0 Å². The molecule has 0 spiro atoms. The van der Waals surface area contributed by atoms with Crippen LogP contribution in [0.3, 0.4) is 0 Å². The largest absolute Gasteiger partial charge is 0.466 e. The summed E-state index contributed by atoms with van der Waals surface area (Å²) in [6.45, 7) is 4.75. The minimum atomic E-state index is -1.14. The van der Waals surface area contributed by atoms with Crippen LogP contribution in [-0.2, 0) is 14.3 Å². The molecule has 3 unspecified atom stereocenters. The standard InChI is InChI=1S/C64H123NO6/c1-3-5-7-9-11-13-15-17-29-33-37-41-45-49-53-57-63(69)71-58-54-50-46-42-38-34-31-28-26-24-22-20-18-19-21-23-25-27-30-32-36-40-44-48-52-56-62(68)65-60(59-66)64(70)61(67)55-51-47-43-39-35-16-14-12-10-8-6-4-2/h11,13,17,29,60-61,64,66-67,70H,3-10,12,14-16,18-28,30-59H2,1-2H3,(H,65,68). The van der Waals surface area contributed by atoms with Crippen LogP contribution < -0.4 is 5.32 Å². The SMILES string of the molecule is CCCCCC=CCC=CCCCCCCCC(=O)OCCCCCCCCCCCCCCCCCCCCCCCCCCCC(=O)NC(CO)C(O)C(O)CCCCCCCCCCCCCC. The molecule has 0 rings (SSSR count). The molecule has 71 heavy (non-hydrogen) atoms. The highest BCUT2D eigenvalue weighted by Crippen LogP contribution is 2.18. The number of hydrogen-bond donors (Lipinski definition) is 4. The second-order valence-corrected chi connectivity index (χ2v) is 21.9. The Kier molecular flexibility index (Phi) is 57.8. The fraction of sp³-hybridized carbons (Fsp3) is 0.906. The lowest BCUT2D eigenvalue weighted by Crippen LogP contribution is -2.50. The fourth-order valence-corrected chi connectivity index (χ4v) is 9.94. The molecule has 1 amide bonds. The van der Waals surface area contributed by atoms with E-state index in [-0.39, 0.29) is 18.5 Å². The molecule has 0 aromatic rings. The number of unbranched alkanes of at least 4 members (excludes halogenated alkanes) is 43. The maximum Gasteiger partial charge on any atom is 0.305 e. The number of hydrogen-bond acceptors (Lipinski definition) is 6. The topological polar surface area (TPSA) is 116 Å². The molecule has 420 valence electrons. The number of carbonyl (C=O) groups is 2. The summed E-state index contributed by atoms with van der Waals surface area (Å²) in [4.78, 5) is 24.5. The zero-order valence-corrected chi connectivity index (χ0v) is 47.6. The van der Waals surface area contributed by atoms with Gasteiger partial charge in [-0.3, -0.25) is 9.59 Å². The summed E-state index contributed by atoms with van der Waals surface area (Å²) in [6.07, 6.45) is 69.4. The van der Waals surface area contributed by atoms with Gasteiger partial charge in [0.1, 0.15) is 6.10 Å². The maximum atomic E-state index is 12.5. The minimum Gasteiger partial charge on any atom is -0.466 e. The van der Waals surface area contributed by atoms with Crippen LogP contribution in [0.5, 0.6) is 0 Å². The summed E-state index contributed by atoms with van der Waals surface area (Å²) in [7, 11) is 0. The van der Waals surface area contributed by atoms with E-state index in [2.05, 4.69) is 43.5 Å². The smallest absolute Gasteiger partial charge is 0.305 e. The van der Waals surface area contributed by atoms with E-state index in [4.69, 9.17) is 4.74 Å². The van der Waals surface area contributed by atoms with Crippen molar-refractivity contribution in [2.45, 2.75) is 360 Å². The van der Waals surface area contributed by atoms with Gasteiger partial charge in [0.2, 0.25) is 5.91 Å². The summed E-state index contributed by atoms with van der Waals surface area (Å²) >= 11 is 0. The first kappa shape index (κ1) is 69.3. The quantitative estimate of drug-likeness (QED) is 0.0274. The molecule has 7 nitrogen and oxygen atoms in total. The highest BCUT2D eigenvalue weighted by Gasteiger charge is 2.26. The van der Waals surface area contributed by atoms with E-state index in [1.807, 2.05) is 0 Å². The Bertz CT molecular complexity index is 1130. The Hall–Kier alpha value is -1.70. The van der Waals surface area contributed by atoms with Crippen LogP contribution in [0, 0.1) is 0 Å². The Morgan fingerprint density at radius 1 is 0.408 bits per heavy atom. The normalized spacial score (nSPS) is 13.1. The Morgan fingerprint density at radius 3 is 1.14 bits per heavy atom. The van der Waals surface area contributed by atoms with Gasteiger partial charge in [-0.05, 0) is 57.8 Å². The first-order valence-corrected chi connectivity index (χ1v) is 31.7. The number of rotatable bonds is 59. The van der Waals surface area contributed by atoms with Gasteiger partial charge in [-0.15, -0.1) is 0 Å². The third-order valence-corrected chi connectivity index (χ3v) is 14.8. The molecule has 0 bridgehead atoms. The zero-order chi connectivity index (χ0) is 51.6. The lowest BCUT2D eigenvalue weighted by molar-refractivity contribution is -0.143. The van der Waals surface area contributed by atoms with Crippen molar-refractivity contribution in [3.8, 4) is 0 Å². The van der Waals surface area contributed by atoms with Gasteiger partial charge in [0.15, 0.2) is 0 Å². The van der Waals surface area contributed by atoms with Crippen LogP contribution in [0.25, 0.3) is 0 Å². The Balaban J connectivity index is 3.40. The van der Waals surface area contributed by atoms with Crippen molar-refractivity contribution < 1.29 is 29.6 Å². The van der Waals surface area contributed by atoms with Crippen molar-refractivity contribution in [3.63, 3.8) is 0 Å². The lowest BCUT2D eigenvalue weighted by Gasteiger charge is -2.26. The monoisotopic (exact) mass is 1000 g/mol. The average molecular weight is 1000 g/mol.